The number of pyridine rings is 1. The minimum Gasteiger partial charge on any atom is -0.397 e. The highest BCUT2D eigenvalue weighted by Gasteiger charge is 2.08. The summed E-state index contributed by atoms with van der Waals surface area (Å²) in [4.78, 5) is 8.92. The number of halogens is 1. The van der Waals surface area contributed by atoms with Crippen molar-refractivity contribution in [2.24, 2.45) is 10.7 Å². The SMILES string of the molecule is Cc1ccccc1C(C=C(N)c1ccccn1)=NCc1ccccc1F. The third kappa shape index (κ3) is 4.22. The van der Waals surface area contributed by atoms with Gasteiger partial charge in [0.05, 0.1) is 23.6 Å². The smallest absolute Gasteiger partial charge is 0.128 e. The van der Waals surface area contributed by atoms with Gasteiger partial charge in [-0.1, -0.05) is 48.5 Å². The minimum absolute atomic E-state index is 0.238. The molecule has 130 valence electrons. The second-order valence-corrected chi connectivity index (χ2v) is 5.92. The Morgan fingerprint density at radius 2 is 1.77 bits per heavy atom. The van der Waals surface area contributed by atoms with E-state index in [4.69, 9.17) is 5.73 Å². The third-order valence-corrected chi connectivity index (χ3v) is 4.05. The molecule has 0 aliphatic heterocycles. The number of aromatic nitrogens is 1. The van der Waals surface area contributed by atoms with Gasteiger partial charge in [-0.2, -0.15) is 0 Å². The van der Waals surface area contributed by atoms with Gasteiger partial charge in [0.2, 0.25) is 0 Å². The van der Waals surface area contributed by atoms with Gasteiger partial charge in [-0.05, 0) is 36.8 Å². The van der Waals surface area contributed by atoms with Gasteiger partial charge < -0.3 is 5.73 Å². The van der Waals surface area contributed by atoms with Gasteiger partial charge in [0.1, 0.15) is 5.82 Å². The van der Waals surface area contributed by atoms with Gasteiger partial charge >= 0.3 is 0 Å². The van der Waals surface area contributed by atoms with Crippen molar-refractivity contribution in [1.29, 1.82) is 0 Å². The van der Waals surface area contributed by atoms with Crippen molar-refractivity contribution in [1.82, 2.24) is 4.98 Å². The molecule has 0 aliphatic rings. The average molecular weight is 345 g/mol. The Labute approximate surface area is 152 Å². The molecule has 0 fully saturated rings. The molecular formula is C22H20FN3. The predicted molar refractivity (Wildman–Crippen MR) is 104 cm³/mol. The van der Waals surface area contributed by atoms with Crippen LogP contribution in [0.4, 0.5) is 4.39 Å². The normalized spacial score (nSPS) is 12.2. The van der Waals surface area contributed by atoms with Crippen LogP contribution in [0.3, 0.4) is 0 Å². The largest absolute Gasteiger partial charge is 0.397 e. The van der Waals surface area contributed by atoms with E-state index in [2.05, 4.69) is 9.98 Å². The predicted octanol–water partition coefficient (Wildman–Crippen LogP) is 4.52. The van der Waals surface area contributed by atoms with Crippen molar-refractivity contribution < 1.29 is 4.39 Å². The molecule has 2 N–H and O–H groups in total. The average Bonchev–Trinajstić information content (AvgIpc) is 2.67. The van der Waals surface area contributed by atoms with Gasteiger partial charge in [0.25, 0.3) is 0 Å². The Bertz CT molecular complexity index is 946. The van der Waals surface area contributed by atoms with Crippen LogP contribution in [0.5, 0.6) is 0 Å². The zero-order chi connectivity index (χ0) is 18.4. The van der Waals surface area contributed by atoms with Gasteiger partial charge in [0.15, 0.2) is 0 Å². The molecule has 0 spiro atoms. The van der Waals surface area contributed by atoms with E-state index in [9.17, 15) is 4.39 Å². The van der Waals surface area contributed by atoms with Crippen LogP contribution in [0.25, 0.3) is 5.70 Å². The lowest BCUT2D eigenvalue weighted by molar-refractivity contribution is 0.611. The van der Waals surface area contributed by atoms with Gasteiger partial charge in [-0.25, -0.2) is 4.39 Å². The fraction of sp³-hybridized carbons (Fsp3) is 0.0909. The van der Waals surface area contributed by atoms with E-state index >= 15 is 0 Å². The number of nitrogens with two attached hydrogens (primary N) is 1. The number of nitrogens with zero attached hydrogens (tertiary/aromatic N) is 2. The number of aryl methyl sites for hydroxylation is 1. The summed E-state index contributed by atoms with van der Waals surface area (Å²) in [5.74, 6) is -0.262. The summed E-state index contributed by atoms with van der Waals surface area (Å²) in [7, 11) is 0. The first-order valence-electron chi connectivity index (χ1n) is 8.37. The summed E-state index contributed by atoms with van der Waals surface area (Å²) in [6.07, 6.45) is 3.49. The van der Waals surface area contributed by atoms with Crippen molar-refractivity contribution in [3.8, 4) is 0 Å². The molecule has 0 atom stereocenters. The minimum atomic E-state index is -0.262. The molecule has 0 saturated heterocycles. The van der Waals surface area contributed by atoms with E-state index in [1.165, 1.54) is 6.07 Å². The van der Waals surface area contributed by atoms with E-state index < -0.39 is 0 Å². The highest BCUT2D eigenvalue weighted by molar-refractivity contribution is 6.12. The highest BCUT2D eigenvalue weighted by Crippen LogP contribution is 2.15. The van der Waals surface area contributed by atoms with Crippen LogP contribution < -0.4 is 5.73 Å². The zero-order valence-corrected chi connectivity index (χ0v) is 14.6. The lowest BCUT2D eigenvalue weighted by Gasteiger charge is -2.09. The first-order valence-corrected chi connectivity index (χ1v) is 8.37. The summed E-state index contributed by atoms with van der Waals surface area (Å²) < 4.78 is 13.9. The molecule has 1 aromatic heterocycles. The van der Waals surface area contributed by atoms with Crippen molar-refractivity contribution in [2.45, 2.75) is 13.5 Å². The number of hydrogen-bond acceptors (Lipinski definition) is 3. The fourth-order valence-corrected chi connectivity index (χ4v) is 2.62. The molecule has 0 radical (unpaired) electrons. The van der Waals surface area contributed by atoms with Crippen molar-refractivity contribution >= 4 is 11.4 Å². The Kier molecular flexibility index (Phi) is 5.54. The molecule has 0 amide bonds. The summed E-state index contributed by atoms with van der Waals surface area (Å²) in [5.41, 5.74) is 10.7. The van der Waals surface area contributed by atoms with Gasteiger partial charge in [-0.15, -0.1) is 0 Å². The molecule has 0 bridgehead atoms. The molecule has 3 nitrogen and oxygen atoms in total. The Hall–Kier alpha value is -3.27. The number of hydrogen-bond donors (Lipinski definition) is 1. The lowest BCUT2D eigenvalue weighted by atomic mass is 10.0. The van der Waals surface area contributed by atoms with E-state index in [-0.39, 0.29) is 12.4 Å². The van der Waals surface area contributed by atoms with Crippen LogP contribution in [0.15, 0.2) is 84.0 Å². The van der Waals surface area contributed by atoms with Crippen molar-refractivity contribution in [2.75, 3.05) is 0 Å². The molecule has 2 aromatic carbocycles. The summed E-state index contributed by atoms with van der Waals surface area (Å²) >= 11 is 0. The number of rotatable bonds is 5. The Balaban J connectivity index is 2.01. The van der Waals surface area contributed by atoms with E-state index in [0.29, 0.717) is 22.7 Å². The first kappa shape index (κ1) is 17.5. The van der Waals surface area contributed by atoms with Crippen LogP contribution in [0.2, 0.25) is 0 Å². The summed E-state index contributed by atoms with van der Waals surface area (Å²) in [6.45, 7) is 2.25. The van der Waals surface area contributed by atoms with Crippen LogP contribution >= 0.6 is 0 Å². The third-order valence-electron chi connectivity index (χ3n) is 4.05. The number of aliphatic imine (C=N–C) groups is 1. The van der Waals surface area contributed by atoms with Crippen LogP contribution in [-0.2, 0) is 6.54 Å². The molecule has 0 saturated carbocycles. The number of benzene rings is 2. The molecule has 0 aliphatic carbocycles. The monoisotopic (exact) mass is 345 g/mol. The topological polar surface area (TPSA) is 51.3 Å². The molecule has 1 heterocycles. The van der Waals surface area contributed by atoms with Crippen molar-refractivity contribution in [3.63, 3.8) is 0 Å². The number of allylic oxidation sites excluding steroid dienone is 1. The molecular weight excluding hydrogens is 325 g/mol. The quantitative estimate of drug-likeness (QED) is 0.691. The molecule has 0 unspecified atom stereocenters. The Morgan fingerprint density at radius 3 is 2.50 bits per heavy atom. The molecule has 3 rings (SSSR count). The molecule has 4 heteroatoms. The standard InChI is InChI=1S/C22H20FN3/c1-16-8-2-4-10-18(16)22(14-20(24)21-12-6-7-13-25-21)26-15-17-9-3-5-11-19(17)23/h2-14H,15,24H2,1H3. The highest BCUT2D eigenvalue weighted by atomic mass is 19.1. The van der Waals surface area contributed by atoms with Crippen LogP contribution in [0, 0.1) is 12.7 Å². The van der Waals surface area contributed by atoms with E-state index in [1.807, 2.05) is 49.4 Å². The second kappa shape index (κ2) is 8.21. The lowest BCUT2D eigenvalue weighted by Crippen LogP contribution is -2.07. The zero-order valence-electron chi connectivity index (χ0n) is 14.6. The maximum atomic E-state index is 13.9. The molecule has 26 heavy (non-hydrogen) atoms. The van der Waals surface area contributed by atoms with Crippen LogP contribution in [0.1, 0.15) is 22.4 Å². The van der Waals surface area contributed by atoms with Crippen LogP contribution in [-0.4, -0.2) is 10.7 Å². The van der Waals surface area contributed by atoms with Crippen molar-refractivity contribution in [3.05, 3.63) is 107 Å². The maximum absolute atomic E-state index is 13.9. The van der Waals surface area contributed by atoms with Gasteiger partial charge in [-0.3, -0.25) is 9.98 Å². The fourth-order valence-electron chi connectivity index (χ4n) is 2.62. The summed E-state index contributed by atoms with van der Waals surface area (Å²) in [6, 6.07) is 20.1. The summed E-state index contributed by atoms with van der Waals surface area (Å²) in [5, 5.41) is 0. The second-order valence-electron chi connectivity index (χ2n) is 5.92. The molecule has 3 aromatic rings. The Morgan fingerprint density at radius 1 is 1.04 bits per heavy atom. The van der Waals surface area contributed by atoms with E-state index in [1.54, 1.807) is 30.5 Å². The maximum Gasteiger partial charge on any atom is 0.128 e. The first-order chi connectivity index (χ1) is 12.6. The van der Waals surface area contributed by atoms with E-state index in [0.717, 1.165) is 11.1 Å². The van der Waals surface area contributed by atoms with Gasteiger partial charge in [0, 0.05) is 17.3 Å².